The monoisotopic (exact) mass is 456 g/mol. The van der Waals surface area contributed by atoms with Gasteiger partial charge in [-0.3, -0.25) is 0 Å². The molecule has 0 fully saturated rings. The van der Waals surface area contributed by atoms with Crippen LogP contribution in [0.15, 0.2) is 104 Å². The van der Waals surface area contributed by atoms with E-state index in [1.54, 1.807) is 12.1 Å². The molecule has 0 radical (unpaired) electrons. The van der Waals surface area contributed by atoms with Gasteiger partial charge in [0, 0.05) is 15.3 Å². The van der Waals surface area contributed by atoms with E-state index in [1.165, 1.54) is 23.1 Å². The molecule has 156 valence electrons. The van der Waals surface area contributed by atoms with Gasteiger partial charge in [0.15, 0.2) is 5.09 Å². The molecular weight excluding hydrogens is 440 g/mol. The fourth-order valence-corrected chi connectivity index (χ4v) is 4.72. The predicted molar refractivity (Wildman–Crippen MR) is 125 cm³/mol. The van der Waals surface area contributed by atoms with Gasteiger partial charge in [0.1, 0.15) is 17.2 Å². The number of carboxylic acid groups (broad SMARTS) is 1. The minimum atomic E-state index is -1.23. The van der Waals surface area contributed by atoms with Crippen LogP contribution in [0.5, 0.6) is 0 Å². The second-order valence-corrected chi connectivity index (χ2v) is 8.55. The van der Waals surface area contributed by atoms with Crippen molar-refractivity contribution in [2.45, 2.75) is 9.99 Å². The molecule has 0 saturated carbocycles. The van der Waals surface area contributed by atoms with Gasteiger partial charge in [-0.1, -0.05) is 72.9 Å². The Kier molecular flexibility index (Phi) is 6.36. The van der Waals surface area contributed by atoms with E-state index in [1.807, 2.05) is 66.0 Å². The van der Waals surface area contributed by atoms with Crippen molar-refractivity contribution in [1.29, 1.82) is 5.26 Å². The standard InChI is InChI=1S/C25H16N2O3S2/c1-16(17-9-4-2-5-10-17)27-23-22(24(28)29)21(20-13-8-14-31-20)19(15-26)25(30-23)32-18-11-6-3-7-12-18/h2-14H,1H2,(H,28,29). The Hall–Kier alpha value is -3.86. The molecule has 0 amide bonds. The first-order chi connectivity index (χ1) is 15.6. The highest BCUT2D eigenvalue weighted by molar-refractivity contribution is 7.99. The predicted octanol–water partition coefficient (Wildman–Crippen LogP) is 6.30. The molecule has 0 aliphatic heterocycles. The number of thiophene rings is 1. The molecule has 5 nitrogen and oxygen atoms in total. The molecule has 2 heterocycles. The third kappa shape index (κ3) is 4.42. The zero-order chi connectivity index (χ0) is 22.5. The van der Waals surface area contributed by atoms with Gasteiger partial charge >= 0.3 is 5.97 Å². The molecule has 0 bridgehead atoms. The van der Waals surface area contributed by atoms with E-state index in [0.717, 1.165) is 10.5 Å². The molecule has 4 aromatic rings. The average Bonchev–Trinajstić information content (AvgIpc) is 3.34. The van der Waals surface area contributed by atoms with Crippen LogP contribution in [-0.4, -0.2) is 11.1 Å². The summed E-state index contributed by atoms with van der Waals surface area (Å²) in [6, 6.07) is 24.4. The Morgan fingerprint density at radius 2 is 1.75 bits per heavy atom. The number of hydrogen-bond donors (Lipinski definition) is 1. The molecule has 7 heteroatoms. The quantitative estimate of drug-likeness (QED) is 0.368. The van der Waals surface area contributed by atoms with Crippen molar-refractivity contribution in [2.75, 3.05) is 0 Å². The zero-order valence-corrected chi connectivity index (χ0v) is 18.3. The summed E-state index contributed by atoms with van der Waals surface area (Å²) in [5.41, 5.74) is 1.26. The number of nitrogens with zero attached hydrogens (tertiary/aromatic N) is 2. The Bertz CT molecular complexity index is 1390. The third-order valence-electron chi connectivity index (χ3n) is 4.50. The zero-order valence-electron chi connectivity index (χ0n) is 16.7. The van der Waals surface area contributed by atoms with Crippen LogP contribution in [-0.2, 0) is 0 Å². The van der Waals surface area contributed by atoms with Crippen LogP contribution < -0.4 is 5.55 Å². The van der Waals surface area contributed by atoms with E-state index in [9.17, 15) is 15.2 Å². The summed E-state index contributed by atoms with van der Waals surface area (Å²) in [6.45, 7) is 3.98. The molecule has 0 unspecified atom stereocenters. The fraction of sp³-hybridized carbons (Fsp3) is 0. The Labute approximate surface area is 192 Å². The first-order valence-electron chi connectivity index (χ1n) is 9.49. The van der Waals surface area contributed by atoms with Gasteiger partial charge in [-0.2, -0.15) is 5.26 Å². The second-order valence-electron chi connectivity index (χ2n) is 6.55. The number of benzene rings is 2. The number of carboxylic acids is 1. The molecule has 0 aliphatic carbocycles. The third-order valence-corrected chi connectivity index (χ3v) is 6.37. The van der Waals surface area contributed by atoms with E-state index in [4.69, 9.17) is 4.42 Å². The number of aromatic carboxylic acids is 1. The number of nitriles is 1. The summed E-state index contributed by atoms with van der Waals surface area (Å²) in [5.74, 6) is -1.23. The van der Waals surface area contributed by atoms with E-state index >= 15 is 0 Å². The van der Waals surface area contributed by atoms with Gasteiger partial charge in [-0.25, -0.2) is 9.79 Å². The second kappa shape index (κ2) is 9.52. The molecule has 1 N–H and O–H groups in total. The number of rotatable bonds is 6. The van der Waals surface area contributed by atoms with Gasteiger partial charge < -0.3 is 9.52 Å². The van der Waals surface area contributed by atoms with Crippen molar-refractivity contribution in [3.63, 3.8) is 0 Å². The van der Waals surface area contributed by atoms with E-state index in [2.05, 4.69) is 17.6 Å². The summed E-state index contributed by atoms with van der Waals surface area (Å²) >= 11 is 2.59. The van der Waals surface area contributed by atoms with E-state index < -0.39 is 5.97 Å². The lowest BCUT2D eigenvalue weighted by molar-refractivity contribution is 0.0691. The minimum absolute atomic E-state index is 0.104. The van der Waals surface area contributed by atoms with Gasteiger partial charge in [-0.05, 0) is 29.1 Å². The van der Waals surface area contributed by atoms with Gasteiger partial charge in [0.25, 0.3) is 0 Å². The Morgan fingerprint density at radius 1 is 1.06 bits per heavy atom. The highest BCUT2D eigenvalue weighted by atomic mass is 32.2. The van der Waals surface area contributed by atoms with Crippen LogP contribution >= 0.6 is 23.1 Å². The van der Waals surface area contributed by atoms with E-state index in [-0.39, 0.29) is 21.8 Å². The highest BCUT2D eigenvalue weighted by Gasteiger charge is 2.26. The van der Waals surface area contributed by atoms with Crippen molar-refractivity contribution in [3.05, 3.63) is 107 Å². The molecule has 2 aromatic carbocycles. The summed E-state index contributed by atoms with van der Waals surface area (Å²) in [6.07, 6.45) is 0. The minimum Gasteiger partial charge on any atom is -0.477 e. The van der Waals surface area contributed by atoms with Crippen molar-refractivity contribution in [1.82, 2.24) is 0 Å². The van der Waals surface area contributed by atoms with Crippen molar-refractivity contribution in [3.8, 4) is 16.5 Å². The van der Waals surface area contributed by atoms with Crippen molar-refractivity contribution >= 4 is 34.8 Å². The number of hydrogen-bond acceptors (Lipinski definition) is 6. The molecule has 0 saturated heterocycles. The Balaban J connectivity index is 2.02. The number of carbonyl (C=O) groups is 1. The van der Waals surface area contributed by atoms with Crippen LogP contribution in [0.25, 0.3) is 16.1 Å². The maximum Gasteiger partial charge on any atom is 0.341 e. The molecule has 0 atom stereocenters. The summed E-state index contributed by atoms with van der Waals surface area (Å²) < 4.78 is 5.96. The summed E-state index contributed by atoms with van der Waals surface area (Å²) in [7, 11) is 0. The Morgan fingerprint density at radius 3 is 2.34 bits per heavy atom. The van der Waals surface area contributed by atoms with Crippen LogP contribution in [0.3, 0.4) is 0 Å². The largest absolute Gasteiger partial charge is 0.477 e. The SMILES string of the molecule is C=C(N=c1oc(Sc2ccccc2)c(C#N)c(-c2cccs2)c1C(=O)O)c1ccccc1. The molecule has 4 rings (SSSR count). The maximum absolute atomic E-state index is 12.3. The van der Waals surface area contributed by atoms with Crippen molar-refractivity contribution in [2.24, 2.45) is 4.99 Å². The topological polar surface area (TPSA) is 86.6 Å². The van der Waals surface area contributed by atoms with E-state index in [0.29, 0.717) is 16.1 Å². The lowest BCUT2D eigenvalue weighted by Crippen LogP contribution is -2.19. The molecule has 0 spiro atoms. The summed E-state index contributed by atoms with van der Waals surface area (Å²) in [4.78, 5) is 18.3. The van der Waals surface area contributed by atoms with Crippen LogP contribution in [0.2, 0.25) is 0 Å². The lowest BCUT2D eigenvalue weighted by atomic mass is 10.0. The molecule has 2 aromatic heterocycles. The van der Waals surface area contributed by atoms with Crippen LogP contribution in [0.1, 0.15) is 21.5 Å². The van der Waals surface area contributed by atoms with Gasteiger partial charge in [-0.15, -0.1) is 11.3 Å². The average molecular weight is 457 g/mol. The first-order valence-corrected chi connectivity index (χ1v) is 11.2. The van der Waals surface area contributed by atoms with Crippen LogP contribution in [0, 0.1) is 11.3 Å². The summed E-state index contributed by atoms with van der Waals surface area (Å²) in [5, 5.41) is 22.1. The normalized spacial score (nSPS) is 11.2. The first kappa shape index (κ1) is 21.4. The van der Waals surface area contributed by atoms with Gasteiger partial charge in [0.05, 0.1) is 5.70 Å². The maximum atomic E-state index is 12.3. The lowest BCUT2D eigenvalue weighted by Gasteiger charge is -2.11. The highest BCUT2D eigenvalue weighted by Crippen LogP contribution is 2.37. The fourth-order valence-electron chi connectivity index (χ4n) is 3.05. The smallest absolute Gasteiger partial charge is 0.341 e. The van der Waals surface area contributed by atoms with Crippen LogP contribution in [0.4, 0.5) is 0 Å². The van der Waals surface area contributed by atoms with Crippen molar-refractivity contribution < 1.29 is 14.3 Å². The molecule has 32 heavy (non-hydrogen) atoms. The molecular formula is C25H16N2O3S2. The molecule has 0 aliphatic rings. The van der Waals surface area contributed by atoms with Gasteiger partial charge in [0.2, 0.25) is 5.55 Å².